The topological polar surface area (TPSA) is 140 Å². The lowest BCUT2D eigenvalue weighted by atomic mass is 9.85. The van der Waals surface area contributed by atoms with E-state index in [-0.39, 0.29) is 16.7 Å². The first kappa shape index (κ1) is 33.4. The lowest BCUT2D eigenvalue weighted by Crippen LogP contribution is -2.61. The number of rotatable bonds is 8. The van der Waals surface area contributed by atoms with E-state index in [9.17, 15) is 19.2 Å². The summed E-state index contributed by atoms with van der Waals surface area (Å²) < 4.78 is 41.5. The normalized spacial score (nSPS) is 21.1. The summed E-state index contributed by atoms with van der Waals surface area (Å²) in [5.41, 5.74) is 0.571. The molecule has 4 aromatic rings. The van der Waals surface area contributed by atoms with Crippen molar-refractivity contribution in [2.75, 3.05) is 28.3 Å². The van der Waals surface area contributed by atoms with Gasteiger partial charge in [-0.3, -0.25) is 19.3 Å². The second kappa shape index (κ2) is 13.0. The Hall–Kier alpha value is -4.94. The van der Waals surface area contributed by atoms with Crippen LogP contribution in [0.25, 0.3) is 38.6 Å². The molecule has 0 aliphatic carbocycles. The molecule has 0 saturated carbocycles. The zero-order chi connectivity index (χ0) is 34.3. The largest absolute Gasteiger partial charge is 0.496 e. The van der Waals surface area contributed by atoms with Crippen LogP contribution in [-0.2, 0) is 28.6 Å². The number of nitrogens with zero attached hydrogens (tertiary/aromatic N) is 1. The Labute approximate surface area is 270 Å². The van der Waals surface area contributed by atoms with Gasteiger partial charge in [0.05, 0.1) is 37.1 Å². The molecule has 3 aromatic carbocycles. The van der Waals surface area contributed by atoms with Gasteiger partial charge in [0.1, 0.15) is 35.0 Å². The van der Waals surface area contributed by atoms with Crippen LogP contribution in [-0.4, -0.2) is 75.5 Å². The van der Waals surface area contributed by atoms with Crippen molar-refractivity contribution in [3.8, 4) is 17.2 Å². The number of esters is 3. The summed E-state index contributed by atoms with van der Waals surface area (Å²) in [4.78, 5) is 52.5. The van der Waals surface area contributed by atoms with Gasteiger partial charge in [0.2, 0.25) is 0 Å². The molecule has 0 spiro atoms. The van der Waals surface area contributed by atoms with Crippen LogP contribution in [0.15, 0.2) is 46.1 Å². The summed E-state index contributed by atoms with van der Waals surface area (Å²) in [5.74, 6) is -0.864. The van der Waals surface area contributed by atoms with Gasteiger partial charge >= 0.3 is 23.5 Å². The third kappa shape index (κ3) is 6.01. The Balaban J connectivity index is 1.95. The number of carbonyl (C=O) groups is 3. The molecule has 47 heavy (non-hydrogen) atoms. The molecule has 12 nitrogen and oxygen atoms in total. The van der Waals surface area contributed by atoms with E-state index in [1.165, 1.54) is 35.0 Å². The van der Waals surface area contributed by atoms with Crippen molar-refractivity contribution in [3.63, 3.8) is 0 Å². The number of benzene rings is 3. The van der Waals surface area contributed by atoms with Gasteiger partial charge in [-0.15, -0.1) is 0 Å². The van der Waals surface area contributed by atoms with E-state index in [0.717, 1.165) is 0 Å². The van der Waals surface area contributed by atoms with Gasteiger partial charge in [0.25, 0.3) is 0 Å². The van der Waals surface area contributed by atoms with E-state index < -0.39 is 54.0 Å². The van der Waals surface area contributed by atoms with Crippen LogP contribution in [0.2, 0.25) is 0 Å². The molecule has 2 heterocycles. The van der Waals surface area contributed by atoms with Gasteiger partial charge in [-0.25, -0.2) is 4.79 Å². The molecule has 0 bridgehead atoms. The predicted octanol–water partition coefficient (Wildman–Crippen LogP) is 4.94. The third-order valence-corrected chi connectivity index (χ3v) is 8.23. The molecule has 12 heteroatoms. The molecule has 0 N–H and O–H groups in total. The number of hydrogen-bond acceptors (Lipinski definition) is 12. The van der Waals surface area contributed by atoms with E-state index in [1.807, 2.05) is 0 Å². The average Bonchev–Trinajstić information content (AvgIpc) is 3.01. The SMILES string of the molecule is C=Cc1cc(OC)c2c(c1)c(=O)oc1c2cc(OC)c2c(OC(C)=O)ccc([C@H]3O[C@@H](C)[C@@H](OC(C)=O)[C@@H](N(C)C)[C@@H]3OC(C)=O)c21. The zero-order valence-corrected chi connectivity index (χ0v) is 27.5. The van der Waals surface area contributed by atoms with Crippen molar-refractivity contribution in [1.29, 1.82) is 0 Å². The van der Waals surface area contributed by atoms with Crippen molar-refractivity contribution in [2.24, 2.45) is 0 Å². The van der Waals surface area contributed by atoms with Crippen LogP contribution >= 0.6 is 0 Å². The number of fused-ring (bicyclic) bond motifs is 5. The van der Waals surface area contributed by atoms with Crippen LogP contribution in [0.4, 0.5) is 0 Å². The van der Waals surface area contributed by atoms with Crippen LogP contribution < -0.4 is 19.8 Å². The fourth-order valence-corrected chi connectivity index (χ4v) is 6.47. The van der Waals surface area contributed by atoms with Crippen LogP contribution in [0, 0.1) is 0 Å². The molecule has 1 fully saturated rings. The maximum absolute atomic E-state index is 13.7. The van der Waals surface area contributed by atoms with Gasteiger partial charge < -0.3 is 32.8 Å². The number of hydrogen-bond donors (Lipinski definition) is 0. The number of ether oxygens (including phenoxy) is 6. The highest BCUT2D eigenvalue weighted by Gasteiger charge is 2.50. The van der Waals surface area contributed by atoms with Gasteiger partial charge in [0, 0.05) is 36.9 Å². The van der Waals surface area contributed by atoms with E-state index in [1.54, 1.807) is 62.3 Å². The Kier molecular flexibility index (Phi) is 9.28. The fraction of sp³-hybridized carbons (Fsp3) is 0.371. The van der Waals surface area contributed by atoms with Gasteiger partial charge in [0.15, 0.2) is 6.10 Å². The smallest absolute Gasteiger partial charge is 0.344 e. The summed E-state index contributed by atoms with van der Waals surface area (Å²) in [6.07, 6.45) is -1.87. The van der Waals surface area contributed by atoms with E-state index >= 15 is 0 Å². The quantitative estimate of drug-likeness (QED) is 0.111. The van der Waals surface area contributed by atoms with Crippen LogP contribution in [0.1, 0.15) is 44.9 Å². The average molecular weight is 648 g/mol. The highest BCUT2D eigenvalue weighted by molar-refractivity contribution is 6.20. The molecular weight excluding hydrogens is 610 g/mol. The fourth-order valence-electron chi connectivity index (χ4n) is 6.47. The maximum Gasteiger partial charge on any atom is 0.344 e. The molecule has 5 atom stereocenters. The van der Waals surface area contributed by atoms with Crippen molar-refractivity contribution in [2.45, 2.75) is 58.2 Å². The van der Waals surface area contributed by atoms with Crippen molar-refractivity contribution in [1.82, 2.24) is 4.90 Å². The van der Waals surface area contributed by atoms with Crippen molar-refractivity contribution < 1.29 is 47.2 Å². The molecule has 0 unspecified atom stereocenters. The summed E-state index contributed by atoms with van der Waals surface area (Å²) in [6.45, 7) is 9.41. The predicted molar refractivity (Wildman–Crippen MR) is 174 cm³/mol. The summed E-state index contributed by atoms with van der Waals surface area (Å²) >= 11 is 0. The van der Waals surface area contributed by atoms with E-state index in [4.69, 9.17) is 32.8 Å². The van der Waals surface area contributed by atoms with E-state index in [0.29, 0.717) is 44.2 Å². The maximum atomic E-state index is 13.7. The molecule has 1 aromatic heterocycles. The highest BCUT2D eigenvalue weighted by Crippen LogP contribution is 2.48. The summed E-state index contributed by atoms with van der Waals surface area (Å²) in [6, 6.07) is 7.67. The van der Waals surface area contributed by atoms with Crippen LogP contribution in [0.5, 0.6) is 17.2 Å². The Morgan fingerprint density at radius 2 is 1.47 bits per heavy atom. The summed E-state index contributed by atoms with van der Waals surface area (Å²) in [7, 11) is 6.52. The molecule has 1 aliphatic rings. The molecular formula is C35H37NO11. The first-order valence-corrected chi connectivity index (χ1v) is 14.9. The van der Waals surface area contributed by atoms with Gasteiger partial charge in [-0.1, -0.05) is 18.7 Å². The zero-order valence-electron chi connectivity index (χ0n) is 27.5. The minimum atomic E-state index is -1.01. The second-order valence-electron chi connectivity index (χ2n) is 11.6. The first-order valence-electron chi connectivity index (χ1n) is 14.9. The number of likely N-dealkylation sites (N-methyl/N-ethyl adjacent to an activating group) is 1. The van der Waals surface area contributed by atoms with E-state index in [2.05, 4.69) is 6.58 Å². The summed E-state index contributed by atoms with van der Waals surface area (Å²) in [5, 5.41) is 1.82. The molecule has 0 amide bonds. The minimum Gasteiger partial charge on any atom is -0.496 e. The van der Waals surface area contributed by atoms with Gasteiger partial charge in [-0.05, 0) is 56.4 Å². The molecule has 1 saturated heterocycles. The monoisotopic (exact) mass is 647 g/mol. The Bertz CT molecular complexity index is 1980. The minimum absolute atomic E-state index is 0.133. The molecule has 5 rings (SSSR count). The lowest BCUT2D eigenvalue weighted by Gasteiger charge is -2.47. The molecule has 1 aliphatic heterocycles. The Morgan fingerprint density at radius 3 is 2.04 bits per heavy atom. The molecule has 248 valence electrons. The van der Waals surface area contributed by atoms with Crippen LogP contribution in [0.3, 0.4) is 0 Å². The van der Waals surface area contributed by atoms with Crippen molar-refractivity contribution >= 4 is 56.5 Å². The first-order chi connectivity index (χ1) is 22.3. The Morgan fingerprint density at radius 1 is 0.830 bits per heavy atom. The molecule has 0 radical (unpaired) electrons. The third-order valence-electron chi connectivity index (χ3n) is 8.23. The standard InChI is InChI=1S/C35H37NO11/c1-10-20-13-23-27(25(14-20)41-8)22-15-26(42-9)29-24(44-17(3)37)12-11-21(28(29)32(22)47-35(23)40)33-34(46-19(5)39)30(36(6)7)31(16(2)43-33)45-18(4)38/h10-16,30-31,33-34H,1H2,2-9H3/t16-,30+,31+,33+,34-/m0/s1. The number of methoxy groups -OCH3 is 2. The number of carbonyl (C=O) groups excluding carboxylic acids is 3. The van der Waals surface area contributed by atoms with Crippen molar-refractivity contribution in [3.05, 3.63) is 58.5 Å². The highest BCUT2D eigenvalue weighted by atomic mass is 16.6. The van der Waals surface area contributed by atoms with Gasteiger partial charge in [-0.2, -0.15) is 0 Å². The lowest BCUT2D eigenvalue weighted by molar-refractivity contribution is -0.222. The second-order valence-corrected chi connectivity index (χ2v) is 11.6.